The summed E-state index contributed by atoms with van der Waals surface area (Å²) in [6, 6.07) is 3.95. The third kappa shape index (κ3) is 2.89. The van der Waals surface area contributed by atoms with Crippen LogP contribution in [0.4, 0.5) is 9.18 Å². The number of halogens is 1. The van der Waals surface area contributed by atoms with E-state index in [1.165, 1.54) is 12.1 Å². The Hall–Kier alpha value is -1.82. The maximum atomic E-state index is 13.2. The van der Waals surface area contributed by atoms with Crippen LogP contribution in [-0.4, -0.2) is 25.3 Å². The molecule has 1 heterocycles. The molecule has 1 aliphatic heterocycles. The Morgan fingerprint density at radius 3 is 3.06 bits per heavy atom. The zero-order chi connectivity index (χ0) is 13.1. The monoisotopic (exact) mass is 254 g/mol. The molecule has 1 aromatic carbocycles. The SMILES string of the molecule is C[C@H](N)c1ccc(F)cc1OCC1CNC(=O)O1. The first kappa shape index (κ1) is 12.6. The summed E-state index contributed by atoms with van der Waals surface area (Å²) in [6.45, 7) is 2.35. The number of ether oxygens (including phenoxy) is 2. The van der Waals surface area contributed by atoms with Crippen molar-refractivity contribution >= 4 is 6.09 Å². The minimum absolute atomic E-state index is 0.169. The summed E-state index contributed by atoms with van der Waals surface area (Å²) in [5.74, 6) is -0.0103. The average Bonchev–Trinajstić information content (AvgIpc) is 2.72. The second-order valence-electron chi connectivity index (χ2n) is 4.19. The summed E-state index contributed by atoms with van der Waals surface area (Å²) in [5, 5.41) is 2.51. The lowest BCUT2D eigenvalue weighted by molar-refractivity contribution is 0.104. The number of hydrogen-bond acceptors (Lipinski definition) is 4. The van der Waals surface area contributed by atoms with Gasteiger partial charge in [0.2, 0.25) is 0 Å². The molecule has 2 atom stereocenters. The zero-order valence-electron chi connectivity index (χ0n) is 9.98. The van der Waals surface area contributed by atoms with E-state index in [-0.39, 0.29) is 18.8 Å². The molecule has 1 aromatic rings. The van der Waals surface area contributed by atoms with Gasteiger partial charge in [-0.05, 0) is 13.0 Å². The number of benzene rings is 1. The zero-order valence-corrected chi connectivity index (χ0v) is 9.98. The molecule has 1 unspecified atom stereocenters. The predicted molar refractivity (Wildman–Crippen MR) is 62.8 cm³/mol. The molecule has 3 N–H and O–H groups in total. The van der Waals surface area contributed by atoms with Crippen molar-refractivity contribution in [3.63, 3.8) is 0 Å². The van der Waals surface area contributed by atoms with Crippen molar-refractivity contribution in [3.8, 4) is 5.75 Å². The van der Waals surface area contributed by atoms with E-state index >= 15 is 0 Å². The number of nitrogens with two attached hydrogens (primary N) is 1. The second kappa shape index (κ2) is 5.22. The predicted octanol–water partition coefficient (Wildman–Crippen LogP) is 1.33. The lowest BCUT2D eigenvalue weighted by atomic mass is 10.1. The van der Waals surface area contributed by atoms with Gasteiger partial charge < -0.3 is 20.5 Å². The fourth-order valence-corrected chi connectivity index (χ4v) is 1.72. The van der Waals surface area contributed by atoms with Crippen molar-refractivity contribution in [1.29, 1.82) is 0 Å². The molecular formula is C12H15FN2O3. The number of carbonyl (C=O) groups is 1. The first-order chi connectivity index (χ1) is 8.56. The highest BCUT2D eigenvalue weighted by molar-refractivity contribution is 5.69. The van der Waals surface area contributed by atoms with Gasteiger partial charge in [-0.2, -0.15) is 0 Å². The molecule has 0 radical (unpaired) electrons. The van der Waals surface area contributed by atoms with E-state index in [0.29, 0.717) is 17.9 Å². The molecule has 6 heteroatoms. The van der Waals surface area contributed by atoms with E-state index in [9.17, 15) is 9.18 Å². The molecule has 1 aliphatic rings. The van der Waals surface area contributed by atoms with Gasteiger partial charge in [0.05, 0.1) is 6.54 Å². The van der Waals surface area contributed by atoms with Crippen molar-refractivity contribution in [2.45, 2.75) is 19.1 Å². The van der Waals surface area contributed by atoms with Crippen LogP contribution in [0.2, 0.25) is 0 Å². The van der Waals surface area contributed by atoms with Crippen molar-refractivity contribution in [3.05, 3.63) is 29.6 Å². The maximum absolute atomic E-state index is 13.2. The summed E-state index contributed by atoms with van der Waals surface area (Å²) in [4.78, 5) is 10.8. The first-order valence-corrected chi connectivity index (χ1v) is 5.68. The van der Waals surface area contributed by atoms with Gasteiger partial charge in [0, 0.05) is 17.7 Å². The average molecular weight is 254 g/mol. The van der Waals surface area contributed by atoms with Gasteiger partial charge in [0.15, 0.2) is 6.10 Å². The highest BCUT2D eigenvalue weighted by Gasteiger charge is 2.23. The molecule has 0 saturated carbocycles. The van der Waals surface area contributed by atoms with E-state index in [4.69, 9.17) is 15.2 Å². The van der Waals surface area contributed by atoms with Crippen LogP contribution in [0.5, 0.6) is 5.75 Å². The van der Waals surface area contributed by atoms with Crippen LogP contribution >= 0.6 is 0 Å². The lowest BCUT2D eigenvalue weighted by Crippen LogP contribution is -2.22. The smallest absolute Gasteiger partial charge is 0.407 e. The van der Waals surface area contributed by atoms with Gasteiger partial charge in [-0.15, -0.1) is 0 Å². The molecule has 98 valence electrons. The van der Waals surface area contributed by atoms with Crippen molar-refractivity contribution < 1.29 is 18.7 Å². The molecular weight excluding hydrogens is 239 g/mol. The van der Waals surface area contributed by atoms with Crippen LogP contribution < -0.4 is 15.8 Å². The van der Waals surface area contributed by atoms with Crippen molar-refractivity contribution in [2.75, 3.05) is 13.2 Å². The Kier molecular flexibility index (Phi) is 3.66. The van der Waals surface area contributed by atoms with E-state index in [1.54, 1.807) is 13.0 Å². The summed E-state index contributed by atoms with van der Waals surface area (Å²) in [5.41, 5.74) is 6.49. The first-order valence-electron chi connectivity index (χ1n) is 5.68. The highest BCUT2D eigenvalue weighted by Crippen LogP contribution is 2.25. The van der Waals surface area contributed by atoms with E-state index < -0.39 is 11.9 Å². The minimum atomic E-state index is -0.463. The molecule has 5 nitrogen and oxygen atoms in total. The van der Waals surface area contributed by atoms with Crippen LogP contribution in [0, 0.1) is 5.82 Å². The van der Waals surface area contributed by atoms with Gasteiger partial charge in [0.25, 0.3) is 0 Å². The molecule has 2 rings (SSSR count). The molecule has 18 heavy (non-hydrogen) atoms. The number of cyclic esters (lactones) is 1. The quantitative estimate of drug-likeness (QED) is 0.850. The Labute approximate surface area is 104 Å². The fourth-order valence-electron chi connectivity index (χ4n) is 1.72. The lowest BCUT2D eigenvalue weighted by Gasteiger charge is -2.15. The van der Waals surface area contributed by atoms with E-state index in [2.05, 4.69) is 5.32 Å². The standard InChI is InChI=1S/C12H15FN2O3/c1-7(14)10-3-2-8(13)4-11(10)17-6-9-5-15-12(16)18-9/h2-4,7,9H,5-6,14H2,1H3,(H,15,16)/t7-,9?/m0/s1. The Balaban J connectivity index is 2.03. The number of amides is 1. The van der Waals surface area contributed by atoms with E-state index in [0.717, 1.165) is 0 Å². The third-order valence-electron chi connectivity index (χ3n) is 2.64. The summed E-state index contributed by atoms with van der Waals surface area (Å²) >= 11 is 0. The topological polar surface area (TPSA) is 73.6 Å². The highest BCUT2D eigenvalue weighted by atomic mass is 19.1. The number of rotatable bonds is 4. The summed E-state index contributed by atoms with van der Waals surface area (Å²) < 4.78 is 23.5. The number of alkyl carbamates (subject to hydrolysis) is 1. The van der Waals surface area contributed by atoms with Gasteiger partial charge in [-0.25, -0.2) is 9.18 Å². The van der Waals surface area contributed by atoms with Gasteiger partial charge in [0.1, 0.15) is 18.2 Å². The largest absolute Gasteiger partial charge is 0.489 e. The molecule has 1 saturated heterocycles. The molecule has 1 amide bonds. The Bertz CT molecular complexity index is 451. The normalized spacial score (nSPS) is 20.2. The van der Waals surface area contributed by atoms with Crippen molar-refractivity contribution in [1.82, 2.24) is 5.32 Å². The minimum Gasteiger partial charge on any atom is -0.489 e. The van der Waals surface area contributed by atoms with Crippen LogP contribution in [0.25, 0.3) is 0 Å². The maximum Gasteiger partial charge on any atom is 0.407 e. The molecule has 0 spiro atoms. The third-order valence-corrected chi connectivity index (χ3v) is 2.64. The second-order valence-corrected chi connectivity index (χ2v) is 4.19. The molecule has 1 fully saturated rings. The van der Waals surface area contributed by atoms with Gasteiger partial charge in [-0.1, -0.05) is 6.07 Å². The summed E-state index contributed by atoms with van der Waals surface area (Å²) in [6.07, 6.45) is -0.822. The van der Waals surface area contributed by atoms with Crippen molar-refractivity contribution in [2.24, 2.45) is 5.73 Å². The van der Waals surface area contributed by atoms with Crippen LogP contribution in [0.15, 0.2) is 18.2 Å². The fraction of sp³-hybridized carbons (Fsp3) is 0.417. The van der Waals surface area contributed by atoms with Gasteiger partial charge in [-0.3, -0.25) is 0 Å². The molecule has 0 aromatic heterocycles. The van der Waals surface area contributed by atoms with Crippen LogP contribution in [0.3, 0.4) is 0 Å². The number of nitrogens with one attached hydrogen (secondary N) is 1. The Morgan fingerprint density at radius 1 is 1.67 bits per heavy atom. The molecule has 0 aliphatic carbocycles. The Morgan fingerprint density at radius 2 is 2.44 bits per heavy atom. The van der Waals surface area contributed by atoms with Crippen LogP contribution in [0.1, 0.15) is 18.5 Å². The number of hydrogen-bond donors (Lipinski definition) is 2. The van der Waals surface area contributed by atoms with E-state index in [1.807, 2.05) is 0 Å². The van der Waals surface area contributed by atoms with Gasteiger partial charge >= 0.3 is 6.09 Å². The molecule has 0 bridgehead atoms. The van der Waals surface area contributed by atoms with Crippen LogP contribution in [-0.2, 0) is 4.74 Å². The number of carbonyl (C=O) groups excluding carboxylic acids is 1. The summed E-state index contributed by atoms with van der Waals surface area (Å²) in [7, 11) is 0.